The molecular weight excluding hydrogens is 400 g/mol. The highest BCUT2D eigenvalue weighted by atomic mass is 32.1. The van der Waals surface area contributed by atoms with Gasteiger partial charge in [-0.25, -0.2) is 4.79 Å². The molecule has 4 amide bonds. The molecule has 0 bridgehead atoms. The molecule has 0 unspecified atom stereocenters. The number of rotatable bonds is 7. The van der Waals surface area contributed by atoms with Crippen molar-refractivity contribution in [2.75, 3.05) is 13.1 Å². The van der Waals surface area contributed by atoms with Crippen LogP contribution in [0.1, 0.15) is 42.7 Å². The molecular formula is C22H26N4O3S. The molecule has 0 aliphatic carbocycles. The van der Waals surface area contributed by atoms with Gasteiger partial charge in [0.1, 0.15) is 5.54 Å². The van der Waals surface area contributed by atoms with Crippen molar-refractivity contribution >= 4 is 29.2 Å². The summed E-state index contributed by atoms with van der Waals surface area (Å²) in [5.41, 5.74) is 2.58. The summed E-state index contributed by atoms with van der Waals surface area (Å²) in [7, 11) is 0. The van der Waals surface area contributed by atoms with Crippen LogP contribution < -0.4 is 10.7 Å². The summed E-state index contributed by atoms with van der Waals surface area (Å²) in [5.74, 6) is -0.776. The number of carbonyl (C=O) groups is 3. The Morgan fingerprint density at radius 1 is 1.23 bits per heavy atom. The Bertz CT molecular complexity index is 918. The molecule has 30 heavy (non-hydrogen) atoms. The van der Waals surface area contributed by atoms with E-state index in [0.717, 1.165) is 30.0 Å². The maximum absolute atomic E-state index is 12.9. The van der Waals surface area contributed by atoms with Crippen molar-refractivity contribution in [1.82, 2.24) is 20.7 Å². The molecule has 0 radical (unpaired) electrons. The van der Waals surface area contributed by atoms with Crippen LogP contribution in [0.5, 0.6) is 0 Å². The predicted octanol–water partition coefficient (Wildman–Crippen LogP) is 2.86. The Balaban J connectivity index is 1.35. The number of nitrogens with one attached hydrogen (secondary N) is 2. The van der Waals surface area contributed by atoms with Crippen LogP contribution in [-0.4, -0.2) is 46.4 Å². The van der Waals surface area contributed by atoms with Gasteiger partial charge in [-0.3, -0.25) is 19.9 Å². The summed E-state index contributed by atoms with van der Waals surface area (Å²) >= 11 is 1.69. The minimum atomic E-state index is -1.03. The maximum Gasteiger partial charge on any atom is 0.344 e. The number of likely N-dealkylation sites (tertiary alicyclic amines) is 1. The Morgan fingerprint density at radius 2 is 2.03 bits per heavy atom. The zero-order valence-electron chi connectivity index (χ0n) is 17.0. The van der Waals surface area contributed by atoms with Gasteiger partial charge >= 0.3 is 6.03 Å². The van der Waals surface area contributed by atoms with Crippen LogP contribution in [0.2, 0.25) is 0 Å². The van der Waals surface area contributed by atoms with Gasteiger partial charge in [0.2, 0.25) is 0 Å². The number of urea groups is 1. The van der Waals surface area contributed by atoms with E-state index < -0.39 is 17.5 Å². The first kappa shape index (κ1) is 20.6. The standard InChI is InChI=1S/C22H26N4O3S/c1-22(12-11-16-7-3-2-4-8-16)20(28)26(21(29)23-22)24-19(27)15-25-13-5-9-17(25)18-10-6-14-30-18/h2-4,6-8,10,14,17H,5,9,11-13,15H2,1H3,(H,23,29)(H,24,27)/t17-,22+/m1/s1. The summed E-state index contributed by atoms with van der Waals surface area (Å²) in [4.78, 5) is 41.3. The molecule has 2 aliphatic heterocycles. The van der Waals surface area contributed by atoms with Crippen molar-refractivity contribution < 1.29 is 14.4 Å². The monoisotopic (exact) mass is 426 g/mol. The molecule has 1 aromatic carbocycles. The zero-order chi connectivity index (χ0) is 21.1. The van der Waals surface area contributed by atoms with Crippen molar-refractivity contribution in [3.05, 3.63) is 58.3 Å². The number of carbonyl (C=O) groups excluding carboxylic acids is 3. The lowest BCUT2D eigenvalue weighted by molar-refractivity contribution is -0.139. The molecule has 7 nitrogen and oxygen atoms in total. The van der Waals surface area contributed by atoms with Gasteiger partial charge in [0, 0.05) is 10.9 Å². The summed E-state index contributed by atoms with van der Waals surface area (Å²) in [6, 6.07) is 13.5. The second-order valence-electron chi connectivity index (χ2n) is 8.07. The third-order valence-electron chi connectivity index (χ3n) is 5.84. The van der Waals surface area contributed by atoms with E-state index in [1.54, 1.807) is 18.3 Å². The van der Waals surface area contributed by atoms with Gasteiger partial charge in [-0.1, -0.05) is 36.4 Å². The number of hydrogen-bond donors (Lipinski definition) is 2. The van der Waals surface area contributed by atoms with Crippen molar-refractivity contribution in [1.29, 1.82) is 0 Å². The van der Waals surface area contributed by atoms with Crippen molar-refractivity contribution in [2.45, 2.75) is 44.2 Å². The van der Waals surface area contributed by atoms with Crippen LogP contribution in [0.4, 0.5) is 4.79 Å². The summed E-state index contributed by atoms with van der Waals surface area (Å²) < 4.78 is 0. The Kier molecular flexibility index (Phi) is 5.87. The molecule has 8 heteroatoms. The quantitative estimate of drug-likeness (QED) is 0.667. The highest BCUT2D eigenvalue weighted by Crippen LogP contribution is 2.34. The SMILES string of the molecule is C[C@@]1(CCc2ccccc2)NC(=O)N(NC(=O)CN2CCC[C@@H]2c2cccs2)C1=O. The number of hydrogen-bond acceptors (Lipinski definition) is 5. The predicted molar refractivity (Wildman–Crippen MR) is 115 cm³/mol. The third-order valence-corrected chi connectivity index (χ3v) is 6.81. The number of aryl methyl sites for hydroxylation is 1. The van der Waals surface area contributed by atoms with E-state index in [2.05, 4.69) is 21.7 Å². The summed E-state index contributed by atoms with van der Waals surface area (Å²) in [5, 5.41) is 5.62. The molecule has 0 saturated carbocycles. The van der Waals surface area contributed by atoms with Gasteiger partial charge in [-0.15, -0.1) is 11.3 Å². The van der Waals surface area contributed by atoms with Crippen molar-refractivity contribution in [3.63, 3.8) is 0 Å². The number of nitrogens with zero attached hydrogens (tertiary/aromatic N) is 2. The van der Waals surface area contributed by atoms with E-state index in [-0.39, 0.29) is 18.5 Å². The van der Waals surface area contributed by atoms with Gasteiger partial charge in [-0.05, 0) is 56.2 Å². The lowest BCUT2D eigenvalue weighted by atomic mass is 9.93. The van der Waals surface area contributed by atoms with Crippen molar-refractivity contribution in [2.24, 2.45) is 0 Å². The van der Waals surface area contributed by atoms with Crippen LogP contribution >= 0.6 is 11.3 Å². The minimum Gasteiger partial charge on any atom is -0.322 e. The molecule has 0 spiro atoms. The summed E-state index contributed by atoms with van der Waals surface area (Å²) in [6.07, 6.45) is 3.15. The van der Waals surface area contributed by atoms with Crippen LogP contribution in [0.3, 0.4) is 0 Å². The van der Waals surface area contributed by atoms with Gasteiger partial charge in [0.05, 0.1) is 6.54 Å². The Morgan fingerprint density at radius 3 is 2.77 bits per heavy atom. The number of imide groups is 1. The molecule has 2 fully saturated rings. The fraction of sp³-hybridized carbons (Fsp3) is 0.409. The maximum atomic E-state index is 12.9. The third kappa shape index (κ3) is 4.24. The van der Waals surface area contributed by atoms with Gasteiger partial charge in [-0.2, -0.15) is 5.01 Å². The molecule has 2 aliphatic rings. The van der Waals surface area contributed by atoms with Crippen LogP contribution in [-0.2, 0) is 16.0 Å². The van der Waals surface area contributed by atoms with E-state index in [0.29, 0.717) is 12.8 Å². The zero-order valence-corrected chi connectivity index (χ0v) is 17.8. The number of hydrazine groups is 1. The van der Waals surface area contributed by atoms with Gasteiger partial charge in [0.25, 0.3) is 11.8 Å². The number of thiophene rings is 1. The molecule has 158 valence electrons. The first-order valence-corrected chi connectivity index (χ1v) is 11.1. The largest absolute Gasteiger partial charge is 0.344 e. The van der Waals surface area contributed by atoms with Crippen molar-refractivity contribution in [3.8, 4) is 0 Å². The fourth-order valence-corrected chi connectivity index (χ4v) is 5.05. The Labute approximate surface area is 180 Å². The highest BCUT2D eigenvalue weighted by Gasteiger charge is 2.48. The topological polar surface area (TPSA) is 81.8 Å². The van der Waals surface area contributed by atoms with E-state index in [1.165, 1.54) is 4.88 Å². The van der Waals surface area contributed by atoms with Gasteiger partial charge in [0.15, 0.2) is 0 Å². The minimum absolute atomic E-state index is 0.153. The second kappa shape index (κ2) is 8.57. The molecule has 4 rings (SSSR count). The average molecular weight is 427 g/mol. The van der Waals surface area contributed by atoms with E-state index in [1.807, 2.05) is 41.8 Å². The van der Waals surface area contributed by atoms with E-state index >= 15 is 0 Å². The second-order valence-corrected chi connectivity index (χ2v) is 9.05. The molecule has 3 heterocycles. The van der Waals surface area contributed by atoms with Crippen LogP contribution in [0, 0.1) is 0 Å². The lowest BCUT2D eigenvalue weighted by Crippen LogP contribution is -2.51. The number of benzene rings is 1. The summed E-state index contributed by atoms with van der Waals surface area (Å²) in [6.45, 7) is 2.68. The lowest BCUT2D eigenvalue weighted by Gasteiger charge is -2.24. The average Bonchev–Trinajstić information content (AvgIpc) is 3.45. The normalized spacial score (nSPS) is 24.3. The van der Waals surface area contributed by atoms with E-state index in [9.17, 15) is 14.4 Å². The van der Waals surface area contributed by atoms with Gasteiger partial charge < -0.3 is 5.32 Å². The Hall–Kier alpha value is -2.71. The fourth-order valence-electron chi connectivity index (χ4n) is 4.16. The first-order valence-electron chi connectivity index (χ1n) is 10.2. The molecule has 2 atom stereocenters. The van der Waals surface area contributed by atoms with Crippen LogP contribution in [0.15, 0.2) is 47.8 Å². The number of amides is 4. The first-order chi connectivity index (χ1) is 14.5. The molecule has 2 saturated heterocycles. The smallest absolute Gasteiger partial charge is 0.322 e. The molecule has 2 aromatic rings. The van der Waals surface area contributed by atoms with E-state index in [4.69, 9.17) is 0 Å². The molecule has 1 aromatic heterocycles. The van der Waals surface area contributed by atoms with Crippen LogP contribution in [0.25, 0.3) is 0 Å². The highest BCUT2D eigenvalue weighted by molar-refractivity contribution is 7.10. The molecule has 2 N–H and O–H groups in total.